The average molecular weight is 246 g/mol. The third kappa shape index (κ3) is 2.71. The van der Waals surface area contributed by atoms with Gasteiger partial charge in [0, 0.05) is 11.9 Å². The van der Waals surface area contributed by atoms with E-state index in [1.165, 1.54) is 11.5 Å². The number of para-hydroxylation sites is 1. The number of nitrogens with zero attached hydrogens (tertiary/aromatic N) is 1. The highest BCUT2D eigenvalue weighted by Crippen LogP contribution is 2.24. The molecule has 1 aromatic carbocycles. The number of nitrogens with one attached hydrogen (secondary N) is 1. The van der Waals surface area contributed by atoms with Crippen molar-refractivity contribution in [2.75, 3.05) is 5.32 Å². The van der Waals surface area contributed by atoms with Gasteiger partial charge in [-0.25, -0.2) is 4.37 Å². The molecule has 0 spiro atoms. The highest BCUT2D eigenvalue weighted by atomic mass is 32.1. The Kier molecular flexibility index (Phi) is 3.54. The van der Waals surface area contributed by atoms with Gasteiger partial charge in [-0.3, -0.25) is 4.79 Å². The SMILES string of the molecule is CC(C)c1ccccc1NC(=O)c1ccns1. The fraction of sp³-hybridized carbons (Fsp3) is 0.231. The van der Waals surface area contributed by atoms with Gasteiger partial charge in [-0.15, -0.1) is 0 Å². The maximum atomic E-state index is 11.9. The van der Waals surface area contributed by atoms with Crippen LogP contribution in [0.5, 0.6) is 0 Å². The largest absolute Gasteiger partial charge is 0.321 e. The lowest BCUT2D eigenvalue weighted by Gasteiger charge is -2.12. The molecule has 3 nitrogen and oxygen atoms in total. The van der Waals surface area contributed by atoms with E-state index < -0.39 is 0 Å². The van der Waals surface area contributed by atoms with Crippen LogP contribution in [0.15, 0.2) is 36.5 Å². The predicted molar refractivity (Wildman–Crippen MR) is 70.6 cm³/mol. The van der Waals surface area contributed by atoms with Crippen molar-refractivity contribution in [1.29, 1.82) is 0 Å². The van der Waals surface area contributed by atoms with Crippen molar-refractivity contribution in [3.63, 3.8) is 0 Å². The van der Waals surface area contributed by atoms with Crippen molar-refractivity contribution >= 4 is 23.1 Å². The van der Waals surface area contributed by atoms with E-state index in [9.17, 15) is 4.79 Å². The van der Waals surface area contributed by atoms with Crippen molar-refractivity contribution in [3.05, 3.63) is 47.0 Å². The minimum atomic E-state index is -0.0967. The molecule has 0 aliphatic carbocycles. The van der Waals surface area contributed by atoms with E-state index in [1.807, 2.05) is 24.3 Å². The zero-order valence-electron chi connectivity index (χ0n) is 9.81. The zero-order chi connectivity index (χ0) is 12.3. The molecule has 0 bridgehead atoms. The molecule has 4 heteroatoms. The number of rotatable bonds is 3. The first-order valence-electron chi connectivity index (χ1n) is 5.49. The molecule has 0 fully saturated rings. The van der Waals surface area contributed by atoms with Crippen LogP contribution in [0.1, 0.15) is 35.0 Å². The Morgan fingerprint density at radius 2 is 2.06 bits per heavy atom. The second-order valence-corrected chi connectivity index (χ2v) is 4.91. The Morgan fingerprint density at radius 1 is 1.29 bits per heavy atom. The van der Waals surface area contributed by atoms with E-state index in [-0.39, 0.29) is 5.91 Å². The number of benzene rings is 1. The third-order valence-corrected chi connectivity index (χ3v) is 3.24. The summed E-state index contributed by atoms with van der Waals surface area (Å²) in [5, 5.41) is 2.93. The monoisotopic (exact) mass is 246 g/mol. The van der Waals surface area contributed by atoms with E-state index in [4.69, 9.17) is 0 Å². The molecule has 0 aliphatic heterocycles. The van der Waals surface area contributed by atoms with Gasteiger partial charge >= 0.3 is 0 Å². The van der Waals surface area contributed by atoms with E-state index in [2.05, 4.69) is 23.5 Å². The summed E-state index contributed by atoms with van der Waals surface area (Å²) in [6.45, 7) is 4.22. The Balaban J connectivity index is 2.22. The topological polar surface area (TPSA) is 42.0 Å². The Hall–Kier alpha value is -1.68. The zero-order valence-corrected chi connectivity index (χ0v) is 10.6. The number of hydrogen-bond acceptors (Lipinski definition) is 3. The van der Waals surface area contributed by atoms with Crippen LogP contribution in [0, 0.1) is 0 Å². The summed E-state index contributed by atoms with van der Waals surface area (Å²) >= 11 is 1.20. The van der Waals surface area contributed by atoms with Gasteiger partial charge in [0.1, 0.15) is 4.88 Å². The van der Waals surface area contributed by atoms with Crippen molar-refractivity contribution in [2.24, 2.45) is 0 Å². The van der Waals surface area contributed by atoms with Crippen LogP contribution in [0.25, 0.3) is 0 Å². The van der Waals surface area contributed by atoms with Crippen molar-refractivity contribution < 1.29 is 4.79 Å². The molecule has 1 heterocycles. The smallest absolute Gasteiger partial charge is 0.267 e. The van der Waals surface area contributed by atoms with E-state index >= 15 is 0 Å². The van der Waals surface area contributed by atoms with Crippen molar-refractivity contribution in [3.8, 4) is 0 Å². The summed E-state index contributed by atoms with van der Waals surface area (Å²) in [7, 11) is 0. The maximum Gasteiger partial charge on any atom is 0.267 e. The molecule has 2 rings (SSSR count). The molecule has 0 saturated heterocycles. The first kappa shape index (κ1) is 11.8. The quantitative estimate of drug-likeness (QED) is 0.900. The molecule has 17 heavy (non-hydrogen) atoms. The summed E-state index contributed by atoms with van der Waals surface area (Å²) in [6.07, 6.45) is 1.63. The second kappa shape index (κ2) is 5.10. The van der Waals surface area contributed by atoms with Gasteiger partial charge in [0.2, 0.25) is 0 Å². The fourth-order valence-corrected chi connectivity index (χ4v) is 2.12. The molecule has 1 aromatic heterocycles. The lowest BCUT2D eigenvalue weighted by Crippen LogP contribution is -2.12. The normalized spacial score (nSPS) is 10.5. The van der Waals surface area contributed by atoms with Crippen LogP contribution in [0.4, 0.5) is 5.69 Å². The Morgan fingerprint density at radius 3 is 2.71 bits per heavy atom. The summed E-state index contributed by atoms with van der Waals surface area (Å²) in [5.41, 5.74) is 2.02. The molecule has 0 unspecified atom stereocenters. The molecule has 88 valence electrons. The third-order valence-electron chi connectivity index (χ3n) is 2.49. The van der Waals surface area contributed by atoms with Gasteiger partial charge < -0.3 is 5.32 Å². The summed E-state index contributed by atoms with van der Waals surface area (Å²) in [5.74, 6) is 0.286. The van der Waals surface area contributed by atoms with E-state index in [0.717, 1.165) is 11.3 Å². The molecule has 1 N–H and O–H groups in total. The molecular weight excluding hydrogens is 232 g/mol. The minimum Gasteiger partial charge on any atom is -0.321 e. The van der Waals surface area contributed by atoms with Gasteiger partial charge in [-0.2, -0.15) is 0 Å². The van der Waals surface area contributed by atoms with Crippen LogP contribution >= 0.6 is 11.5 Å². The molecule has 0 atom stereocenters. The maximum absolute atomic E-state index is 11.9. The van der Waals surface area contributed by atoms with Gasteiger partial charge in [-0.1, -0.05) is 32.0 Å². The summed E-state index contributed by atoms with van der Waals surface area (Å²) < 4.78 is 3.92. The van der Waals surface area contributed by atoms with Gasteiger partial charge in [0.25, 0.3) is 5.91 Å². The van der Waals surface area contributed by atoms with Crippen LogP contribution in [0.3, 0.4) is 0 Å². The molecule has 0 saturated carbocycles. The van der Waals surface area contributed by atoms with Crippen LogP contribution in [-0.2, 0) is 0 Å². The van der Waals surface area contributed by atoms with E-state index in [0.29, 0.717) is 10.8 Å². The summed E-state index contributed by atoms with van der Waals surface area (Å²) in [4.78, 5) is 12.5. The molecule has 0 aliphatic rings. The number of carbonyl (C=O) groups excluding carboxylic acids is 1. The van der Waals surface area contributed by atoms with Crippen molar-refractivity contribution in [2.45, 2.75) is 19.8 Å². The lowest BCUT2D eigenvalue weighted by molar-refractivity contribution is 0.103. The predicted octanol–water partition coefficient (Wildman–Crippen LogP) is 3.52. The Labute approximate surface area is 105 Å². The number of anilines is 1. The molecule has 0 radical (unpaired) electrons. The second-order valence-electron chi connectivity index (χ2n) is 4.07. The van der Waals surface area contributed by atoms with Gasteiger partial charge in [-0.05, 0) is 35.1 Å². The van der Waals surface area contributed by atoms with E-state index in [1.54, 1.807) is 12.3 Å². The van der Waals surface area contributed by atoms with Crippen molar-refractivity contribution in [1.82, 2.24) is 4.37 Å². The first-order chi connectivity index (χ1) is 8.18. The number of aromatic nitrogens is 1. The lowest BCUT2D eigenvalue weighted by atomic mass is 10.0. The summed E-state index contributed by atoms with van der Waals surface area (Å²) in [6, 6.07) is 9.59. The number of hydrogen-bond donors (Lipinski definition) is 1. The number of carbonyl (C=O) groups is 1. The average Bonchev–Trinajstić information content (AvgIpc) is 2.83. The Bertz CT molecular complexity index is 506. The van der Waals surface area contributed by atoms with Crippen LogP contribution in [0.2, 0.25) is 0 Å². The van der Waals surface area contributed by atoms with Gasteiger partial charge in [0.15, 0.2) is 0 Å². The highest BCUT2D eigenvalue weighted by molar-refractivity contribution is 7.08. The molecular formula is C13H14N2OS. The number of amides is 1. The minimum absolute atomic E-state index is 0.0967. The fourth-order valence-electron chi connectivity index (χ4n) is 1.63. The van der Waals surface area contributed by atoms with Crippen LogP contribution < -0.4 is 5.32 Å². The molecule has 2 aromatic rings. The first-order valence-corrected chi connectivity index (χ1v) is 6.27. The van der Waals surface area contributed by atoms with Crippen LogP contribution in [-0.4, -0.2) is 10.3 Å². The van der Waals surface area contributed by atoms with Gasteiger partial charge in [0.05, 0.1) is 0 Å². The standard InChI is InChI=1S/C13H14N2OS/c1-9(2)10-5-3-4-6-11(10)15-13(16)12-7-8-14-17-12/h3-9H,1-2H3,(H,15,16). The highest BCUT2D eigenvalue weighted by Gasteiger charge is 2.11. The molecule has 1 amide bonds.